The molecule has 0 radical (unpaired) electrons. The fourth-order valence-electron chi connectivity index (χ4n) is 3.59. The molecule has 3 rings (SSSR count). The highest BCUT2D eigenvalue weighted by Crippen LogP contribution is 2.39. The molecule has 5 nitrogen and oxygen atoms in total. The zero-order valence-electron chi connectivity index (χ0n) is 14.1. The van der Waals surface area contributed by atoms with Gasteiger partial charge in [-0.25, -0.2) is 4.39 Å². The van der Waals surface area contributed by atoms with E-state index in [-0.39, 0.29) is 29.7 Å². The summed E-state index contributed by atoms with van der Waals surface area (Å²) in [6, 6.07) is 3.61. The topological polar surface area (TPSA) is 58.6 Å². The minimum absolute atomic E-state index is 0.0832. The molecule has 1 unspecified atom stereocenters. The fourth-order valence-corrected chi connectivity index (χ4v) is 3.59. The Morgan fingerprint density at radius 2 is 2.21 bits per heavy atom. The first-order chi connectivity index (χ1) is 11.5. The number of ether oxygens (including phenoxy) is 1. The summed E-state index contributed by atoms with van der Waals surface area (Å²) in [7, 11) is 1.64. The number of methoxy groups -OCH3 is 1. The number of hydrogen-bond acceptors (Lipinski definition) is 3. The summed E-state index contributed by atoms with van der Waals surface area (Å²) in [5, 5.41) is 2.80. The van der Waals surface area contributed by atoms with Crippen molar-refractivity contribution in [2.24, 2.45) is 0 Å². The van der Waals surface area contributed by atoms with E-state index in [2.05, 4.69) is 5.32 Å². The highest BCUT2D eigenvalue weighted by molar-refractivity contribution is 5.90. The zero-order chi connectivity index (χ0) is 17.3. The van der Waals surface area contributed by atoms with Crippen molar-refractivity contribution in [3.8, 4) is 0 Å². The summed E-state index contributed by atoms with van der Waals surface area (Å²) >= 11 is 0. The van der Waals surface area contributed by atoms with Crippen LogP contribution in [0.5, 0.6) is 0 Å². The summed E-state index contributed by atoms with van der Waals surface area (Å²) < 4.78 is 18.9. The van der Waals surface area contributed by atoms with Crippen LogP contribution in [0, 0.1) is 12.7 Å². The molecule has 1 N–H and O–H groups in total. The molecular weight excluding hydrogens is 311 g/mol. The van der Waals surface area contributed by atoms with Gasteiger partial charge in [0.05, 0.1) is 12.0 Å². The summed E-state index contributed by atoms with van der Waals surface area (Å²) in [5.74, 6) is -0.650. The molecule has 1 aromatic rings. The largest absolute Gasteiger partial charge is 0.378 e. The van der Waals surface area contributed by atoms with E-state index in [9.17, 15) is 14.0 Å². The standard InChI is InChI=1S/C18H23FN2O3/c1-12-10-13(19)4-5-14(12)16-17(23)20-8-9-21(16)15(22)11-18(24-2)6-3-7-18/h4-5,10,16H,3,6-9,11H2,1-2H3,(H,20,23). The van der Waals surface area contributed by atoms with Crippen LogP contribution in [-0.4, -0.2) is 42.5 Å². The molecule has 1 atom stereocenters. The van der Waals surface area contributed by atoms with Crippen LogP contribution in [-0.2, 0) is 14.3 Å². The van der Waals surface area contributed by atoms with Gasteiger partial charge in [-0.15, -0.1) is 0 Å². The second-order valence-electron chi connectivity index (χ2n) is 6.70. The van der Waals surface area contributed by atoms with Gasteiger partial charge in [-0.05, 0) is 49.4 Å². The molecule has 6 heteroatoms. The normalized spacial score (nSPS) is 22.7. The number of benzene rings is 1. The number of halogens is 1. The van der Waals surface area contributed by atoms with Crippen LogP contribution in [0.3, 0.4) is 0 Å². The fraction of sp³-hybridized carbons (Fsp3) is 0.556. The molecule has 0 bridgehead atoms. The van der Waals surface area contributed by atoms with Crippen molar-refractivity contribution in [2.45, 2.75) is 44.2 Å². The Labute approximate surface area is 141 Å². The predicted molar refractivity (Wildman–Crippen MR) is 86.8 cm³/mol. The summed E-state index contributed by atoms with van der Waals surface area (Å²) in [4.78, 5) is 26.9. The Morgan fingerprint density at radius 1 is 1.46 bits per heavy atom. The highest BCUT2D eigenvalue weighted by atomic mass is 19.1. The van der Waals surface area contributed by atoms with Crippen molar-refractivity contribution in [2.75, 3.05) is 20.2 Å². The van der Waals surface area contributed by atoms with E-state index < -0.39 is 6.04 Å². The minimum Gasteiger partial charge on any atom is -0.378 e. The Morgan fingerprint density at radius 3 is 2.79 bits per heavy atom. The number of aryl methyl sites for hydroxylation is 1. The van der Waals surface area contributed by atoms with Crippen LogP contribution in [0.1, 0.15) is 42.9 Å². The molecule has 1 aromatic carbocycles. The van der Waals surface area contributed by atoms with Gasteiger partial charge in [0.15, 0.2) is 0 Å². The number of amides is 2. The summed E-state index contributed by atoms with van der Waals surface area (Å²) in [6.07, 6.45) is 3.08. The average Bonchev–Trinajstić information content (AvgIpc) is 2.51. The number of hydrogen-bond donors (Lipinski definition) is 1. The first-order valence-electron chi connectivity index (χ1n) is 8.34. The lowest BCUT2D eigenvalue weighted by Crippen LogP contribution is -2.54. The van der Waals surface area contributed by atoms with Crippen LogP contribution in [0.25, 0.3) is 0 Å². The molecule has 2 amide bonds. The molecule has 0 spiro atoms. The summed E-state index contributed by atoms with van der Waals surface area (Å²) in [5.41, 5.74) is 0.954. The van der Waals surface area contributed by atoms with Crippen molar-refractivity contribution >= 4 is 11.8 Å². The van der Waals surface area contributed by atoms with E-state index in [0.717, 1.165) is 19.3 Å². The zero-order valence-corrected chi connectivity index (χ0v) is 14.1. The average molecular weight is 334 g/mol. The smallest absolute Gasteiger partial charge is 0.247 e. The molecule has 130 valence electrons. The Kier molecular flexibility index (Phi) is 4.58. The third-order valence-corrected chi connectivity index (χ3v) is 5.23. The molecule has 0 aromatic heterocycles. The van der Waals surface area contributed by atoms with Crippen molar-refractivity contribution in [1.82, 2.24) is 10.2 Å². The van der Waals surface area contributed by atoms with Gasteiger partial charge in [0.2, 0.25) is 11.8 Å². The van der Waals surface area contributed by atoms with E-state index in [4.69, 9.17) is 4.74 Å². The van der Waals surface area contributed by atoms with E-state index in [0.29, 0.717) is 24.2 Å². The molecule has 1 heterocycles. The van der Waals surface area contributed by atoms with Crippen LogP contribution in [0.2, 0.25) is 0 Å². The van der Waals surface area contributed by atoms with Gasteiger partial charge < -0.3 is 15.0 Å². The molecule has 2 fully saturated rings. The lowest BCUT2D eigenvalue weighted by atomic mass is 9.77. The SMILES string of the molecule is COC1(CC(=O)N2CCNC(=O)C2c2ccc(F)cc2C)CCC1. The molecule has 1 saturated heterocycles. The van der Waals surface area contributed by atoms with E-state index >= 15 is 0 Å². The monoisotopic (exact) mass is 334 g/mol. The van der Waals surface area contributed by atoms with Gasteiger partial charge in [0.1, 0.15) is 11.9 Å². The Balaban J connectivity index is 1.86. The molecule has 1 saturated carbocycles. The van der Waals surface area contributed by atoms with Gasteiger partial charge in [0.25, 0.3) is 0 Å². The van der Waals surface area contributed by atoms with E-state index in [1.165, 1.54) is 12.1 Å². The molecule has 24 heavy (non-hydrogen) atoms. The van der Waals surface area contributed by atoms with Crippen LogP contribution >= 0.6 is 0 Å². The lowest BCUT2D eigenvalue weighted by molar-refractivity contribution is -0.152. The van der Waals surface area contributed by atoms with Crippen LogP contribution in [0.15, 0.2) is 18.2 Å². The van der Waals surface area contributed by atoms with E-state index in [1.54, 1.807) is 25.0 Å². The van der Waals surface area contributed by atoms with E-state index in [1.807, 2.05) is 0 Å². The number of carbonyl (C=O) groups is 2. The number of piperazine rings is 1. The Hall–Kier alpha value is -1.95. The maximum absolute atomic E-state index is 13.4. The number of nitrogens with one attached hydrogen (secondary N) is 1. The second-order valence-corrected chi connectivity index (χ2v) is 6.70. The first-order valence-corrected chi connectivity index (χ1v) is 8.34. The maximum atomic E-state index is 13.4. The molecular formula is C18H23FN2O3. The number of nitrogens with zero attached hydrogens (tertiary/aromatic N) is 1. The van der Waals surface area contributed by atoms with Gasteiger partial charge in [-0.2, -0.15) is 0 Å². The highest BCUT2D eigenvalue weighted by Gasteiger charge is 2.43. The predicted octanol–water partition coefficient (Wildman–Crippen LogP) is 2.09. The molecule has 2 aliphatic rings. The van der Waals surface area contributed by atoms with Crippen molar-refractivity contribution in [3.63, 3.8) is 0 Å². The second kappa shape index (κ2) is 6.51. The third kappa shape index (κ3) is 3.02. The van der Waals surface area contributed by atoms with Crippen molar-refractivity contribution in [1.29, 1.82) is 0 Å². The Bertz CT molecular complexity index is 652. The van der Waals surface area contributed by atoms with Gasteiger partial charge in [-0.1, -0.05) is 6.07 Å². The van der Waals surface area contributed by atoms with Crippen LogP contribution in [0.4, 0.5) is 4.39 Å². The molecule has 1 aliphatic carbocycles. The quantitative estimate of drug-likeness (QED) is 0.917. The summed E-state index contributed by atoms with van der Waals surface area (Å²) in [6.45, 7) is 2.64. The van der Waals surface area contributed by atoms with Crippen molar-refractivity contribution in [3.05, 3.63) is 35.1 Å². The number of rotatable bonds is 4. The van der Waals surface area contributed by atoms with Gasteiger partial charge >= 0.3 is 0 Å². The van der Waals surface area contributed by atoms with Crippen molar-refractivity contribution < 1.29 is 18.7 Å². The van der Waals surface area contributed by atoms with Crippen LogP contribution < -0.4 is 5.32 Å². The molecule has 1 aliphatic heterocycles. The minimum atomic E-state index is -0.708. The third-order valence-electron chi connectivity index (χ3n) is 5.23. The van der Waals surface area contributed by atoms with Gasteiger partial charge in [-0.3, -0.25) is 9.59 Å². The maximum Gasteiger partial charge on any atom is 0.247 e. The van der Waals surface area contributed by atoms with Gasteiger partial charge in [0, 0.05) is 20.2 Å². The lowest BCUT2D eigenvalue weighted by Gasteiger charge is -2.43. The first kappa shape index (κ1) is 16.9. The number of carbonyl (C=O) groups excluding carboxylic acids is 2.